The summed E-state index contributed by atoms with van der Waals surface area (Å²) in [4.78, 5) is 41.3. The minimum absolute atomic E-state index is 0.298. The topological polar surface area (TPSA) is 110 Å². The third kappa shape index (κ3) is 4.09. The number of amides is 1. The average molecular weight is 493 g/mol. The monoisotopic (exact) mass is 492 g/mol. The second-order valence-electron chi connectivity index (χ2n) is 7.38. The smallest absolute Gasteiger partial charge is 0.329 e. The zero-order chi connectivity index (χ0) is 22.8. The van der Waals surface area contributed by atoms with Crippen molar-refractivity contribution < 1.29 is 4.79 Å². The number of H-pyrrole nitrogens is 1. The molecule has 0 aliphatic carbocycles. The maximum atomic E-state index is 13.1. The number of rotatable bonds is 5. The van der Waals surface area contributed by atoms with E-state index in [0.717, 1.165) is 10.0 Å². The van der Waals surface area contributed by atoms with Crippen molar-refractivity contribution >= 4 is 44.1 Å². The van der Waals surface area contributed by atoms with Gasteiger partial charge in [0.05, 0.1) is 28.3 Å². The number of hydrogen-bond acceptors (Lipinski definition) is 4. The fourth-order valence-corrected chi connectivity index (χ4v) is 4.07. The number of carbonyl (C=O) groups excluding carboxylic acids is 1. The molecule has 7 nitrogen and oxygen atoms in total. The molecule has 0 saturated heterocycles. The standard InChI is InChI=1S/C24H21BrN4O3/c1-2-21(29-23(31)17-13-16(25)11-12-19(17)28-24(29)32)14-7-9-15(10-8-14)22(30)27-20-6-4-3-5-18(20)26/h3-13,21H,2,26H2,1H3,(H,27,30)(H,28,32). The van der Waals surface area contributed by atoms with Crippen molar-refractivity contribution in [1.29, 1.82) is 0 Å². The molecule has 0 saturated carbocycles. The molecule has 162 valence electrons. The Kier molecular flexibility index (Phi) is 5.96. The lowest BCUT2D eigenvalue weighted by Crippen LogP contribution is -2.38. The first-order valence-electron chi connectivity index (χ1n) is 10.1. The lowest BCUT2D eigenvalue weighted by atomic mass is 10.0. The van der Waals surface area contributed by atoms with Crippen molar-refractivity contribution in [3.05, 3.63) is 103 Å². The number of aromatic nitrogens is 2. The van der Waals surface area contributed by atoms with E-state index < -0.39 is 11.7 Å². The first-order valence-corrected chi connectivity index (χ1v) is 10.9. The van der Waals surface area contributed by atoms with Crippen LogP contribution in [0.1, 0.15) is 35.3 Å². The Hall–Kier alpha value is -3.65. The first-order chi connectivity index (χ1) is 15.4. The number of nitrogens with two attached hydrogens (primary N) is 1. The molecule has 4 N–H and O–H groups in total. The van der Waals surface area contributed by atoms with Crippen molar-refractivity contribution in [2.45, 2.75) is 19.4 Å². The molecule has 1 aromatic heterocycles. The fraction of sp³-hybridized carbons (Fsp3) is 0.125. The van der Waals surface area contributed by atoms with Crippen molar-refractivity contribution in [1.82, 2.24) is 9.55 Å². The summed E-state index contributed by atoms with van der Waals surface area (Å²) >= 11 is 3.37. The summed E-state index contributed by atoms with van der Waals surface area (Å²) in [5.74, 6) is -0.298. The zero-order valence-electron chi connectivity index (χ0n) is 17.3. The summed E-state index contributed by atoms with van der Waals surface area (Å²) in [5.41, 5.74) is 7.75. The molecule has 3 aromatic carbocycles. The Labute approximate surface area is 192 Å². The number of hydrogen-bond donors (Lipinski definition) is 3. The fourth-order valence-electron chi connectivity index (χ4n) is 3.71. The highest BCUT2D eigenvalue weighted by molar-refractivity contribution is 9.10. The molecule has 0 aliphatic rings. The van der Waals surface area contributed by atoms with Crippen molar-refractivity contribution in [2.24, 2.45) is 0 Å². The molecule has 0 radical (unpaired) electrons. The van der Waals surface area contributed by atoms with Crippen molar-refractivity contribution in [2.75, 3.05) is 11.1 Å². The van der Waals surface area contributed by atoms with Crippen LogP contribution in [0.25, 0.3) is 10.9 Å². The lowest BCUT2D eigenvalue weighted by Gasteiger charge is -2.18. The largest absolute Gasteiger partial charge is 0.397 e. The van der Waals surface area contributed by atoms with E-state index in [4.69, 9.17) is 5.73 Å². The summed E-state index contributed by atoms with van der Waals surface area (Å²) in [7, 11) is 0. The maximum Gasteiger partial charge on any atom is 0.329 e. The molecule has 4 rings (SSSR count). The van der Waals surface area contributed by atoms with Crippen LogP contribution in [0.5, 0.6) is 0 Å². The number of benzene rings is 3. The van der Waals surface area contributed by atoms with Crippen LogP contribution in [0.15, 0.2) is 80.8 Å². The SMILES string of the molecule is CCC(c1ccc(C(=O)Nc2ccccc2N)cc1)n1c(=O)[nH]c2ccc(Br)cc2c1=O. The number of nitrogen functional groups attached to an aromatic ring is 1. The molecule has 8 heteroatoms. The number of carbonyl (C=O) groups is 1. The molecule has 0 bridgehead atoms. The molecular weight excluding hydrogens is 472 g/mol. The molecule has 1 atom stereocenters. The van der Waals surface area contributed by atoms with Gasteiger partial charge in [-0.2, -0.15) is 0 Å². The van der Waals surface area contributed by atoms with Gasteiger partial charge in [0, 0.05) is 10.0 Å². The Morgan fingerprint density at radius 3 is 2.50 bits per heavy atom. The van der Waals surface area contributed by atoms with Crippen molar-refractivity contribution in [3.8, 4) is 0 Å². The Bertz CT molecular complexity index is 1420. The second kappa shape index (κ2) is 8.84. The van der Waals surface area contributed by atoms with Gasteiger partial charge in [-0.05, 0) is 54.4 Å². The van der Waals surface area contributed by atoms with Gasteiger partial charge in [0.1, 0.15) is 0 Å². The van der Waals surface area contributed by atoms with E-state index in [2.05, 4.69) is 26.2 Å². The van der Waals surface area contributed by atoms with E-state index in [-0.39, 0.29) is 11.5 Å². The number of anilines is 2. The van der Waals surface area contributed by atoms with Gasteiger partial charge in [-0.1, -0.05) is 47.1 Å². The van der Waals surface area contributed by atoms with Crippen LogP contribution in [0.4, 0.5) is 11.4 Å². The first kappa shape index (κ1) is 21.6. The van der Waals surface area contributed by atoms with Crippen molar-refractivity contribution in [3.63, 3.8) is 0 Å². The van der Waals surface area contributed by atoms with Crippen LogP contribution >= 0.6 is 15.9 Å². The molecule has 1 unspecified atom stereocenters. The number of nitrogens with zero attached hydrogens (tertiary/aromatic N) is 1. The summed E-state index contributed by atoms with van der Waals surface area (Å²) in [6.07, 6.45) is 0.522. The van der Waals surface area contributed by atoms with Crippen LogP contribution in [-0.2, 0) is 0 Å². The Morgan fingerprint density at radius 2 is 1.81 bits per heavy atom. The molecule has 1 heterocycles. The molecule has 4 aromatic rings. The molecular formula is C24H21BrN4O3. The number of halogens is 1. The van der Waals surface area contributed by atoms with Crippen LogP contribution in [0.2, 0.25) is 0 Å². The van der Waals surface area contributed by atoms with Crippen LogP contribution in [0.3, 0.4) is 0 Å². The highest BCUT2D eigenvalue weighted by Gasteiger charge is 2.19. The predicted octanol–water partition coefficient (Wildman–Crippen LogP) is 4.29. The van der Waals surface area contributed by atoms with E-state index in [1.165, 1.54) is 4.57 Å². The normalized spacial score (nSPS) is 11.9. The lowest BCUT2D eigenvalue weighted by molar-refractivity contribution is 0.102. The molecule has 32 heavy (non-hydrogen) atoms. The van der Waals surface area contributed by atoms with E-state index in [9.17, 15) is 14.4 Å². The van der Waals surface area contributed by atoms with Gasteiger partial charge in [-0.15, -0.1) is 0 Å². The minimum Gasteiger partial charge on any atom is -0.397 e. The molecule has 0 aliphatic heterocycles. The predicted molar refractivity (Wildman–Crippen MR) is 130 cm³/mol. The maximum absolute atomic E-state index is 13.1. The Morgan fingerprint density at radius 1 is 1.09 bits per heavy atom. The van der Waals surface area contributed by atoms with Crippen LogP contribution < -0.4 is 22.3 Å². The van der Waals surface area contributed by atoms with Gasteiger partial charge in [-0.25, -0.2) is 4.79 Å². The van der Waals surface area contributed by atoms with E-state index >= 15 is 0 Å². The molecule has 0 fully saturated rings. The van der Waals surface area contributed by atoms with Gasteiger partial charge < -0.3 is 16.0 Å². The van der Waals surface area contributed by atoms with Gasteiger partial charge in [-0.3, -0.25) is 14.2 Å². The third-order valence-electron chi connectivity index (χ3n) is 5.36. The minimum atomic E-state index is -0.475. The van der Waals surface area contributed by atoms with Gasteiger partial charge >= 0.3 is 5.69 Å². The summed E-state index contributed by atoms with van der Waals surface area (Å²) in [5, 5.41) is 3.21. The number of nitrogens with one attached hydrogen (secondary N) is 2. The van der Waals surface area contributed by atoms with Crippen LogP contribution in [-0.4, -0.2) is 15.5 Å². The highest BCUT2D eigenvalue weighted by Crippen LogP contribution is 2.22. The van der Waals surface area contributed by atoms with Gasteiger partial charge in [0.25, 0.3) is 11.5 Å². The second-order valence-corrected chi connectivity index (χ2v) is 8.30. The average Bonchev–Trinajstić information content (AvgIpc) is 2.79. The van der Waals surface area contributed by atoms with Gasteiger partial charge in [0.2, 0.25) is 0 Å². The third-order valence-corrected chi connectivity index (χ3v) is 5.85. The Balaban J connectivity index is 1.67. The number of aromatic amines is 1. The summed E-state index contributed by atoms with van der Waals surface area (Å²) < 4.78 is 1.98. The van der Waals surface area contributed by atoms with Gasteiger partial charge in [0.15, 0.2) is 0 Å². The molecule has 1 amide bonds. The number of para-hydroxylation sites is 2. The highest BCUT2D eigenvalue weighted by atomic mass is 79.9. The zero-order valence-corrected chi connectivity index (χ0v) is 18.8. The van der Waals surface area contributed by atoms with E-state index in [1.807, 2.05) is 6.92 Å². The summed E-state index contributed by atoms with van der Waals surface area (Å²) in [6.45, 7) is 1.90. The molecule has 0 spiro atoms. The number of fused-ring (bicyclic) bond motifs is 1. The quantitative estimate of drug-likeness (QED) is 0.361. The van der Waals surface area contributed by atoms with E-state index in [0.29, 0.717) is 34.3 Å². The van der Waals surface area contributed by atoms with E-state index in [1.54, 1.807) is 66.7 Å². The summed E-state index contributed by atoms with van der Waals surface area (Å²) in [6, 6.07) is 18.6. The van der Waals surface area contributed by atoms with Crippen LogP contribution in [0, 0.1) is 0 Å².